The molecule has 1 N–H and O–H groups in total. The molecule has 4 aromatic rings. The van der Waals surface area contributed by atoms with Crippen molar-refractivity contribution in [2.45, 2.75) is 13.8 Å². The van der Waals surface area contributed by atoms with Gasteiger partial charge in [-0.05, 0) is 44.2 Å². The minimum atomic E-state index is -0.301. The van der Waals surface area contributed by atoms with Gasteiger partial charge in [0.1, 0.15) is 0 Å². The molecule has 0 saturated heterocycles. The second-order valence-corrected chi connectivity index (χ2v) is 7.35. The van der Waals surface area contributed by atoms with Gasteiger partial charge in [-0.2, -0.15) is 9.36 Å². The first-order valence-electron chi connectivity index (χ1n) is 8.41. The van der Waals surface area contributed by atoms with Crippen molar-refractivity contribution >= 4 is 34.2 Å². The zero-order valence-corrected chi connectivity index (χ0v) is 16.6. The third-order valence-electron chi connectivity index (χ3n) is 4.12. The van der Waals surface area contributed by atoms with Crippen LogP contribution < -0.4 is 5.32 Å². The fourth-order valence-electron chi connectivity index (χ4n) is 2.64. The van der Waals surface area contributed by atoms with E-state index in [-0.39, 0.29) is 5.91 Å². The molecule has 0 aliphatic heterocycles. The summed E-state index contributed by atoms with van der Waals surface area (Å²) in [6.07, 6.45) is 0. The van der Waals surface area contributed by atoms with Gasteiger partial charge in [-0.3, -0.25) is 10.1 Å². The molecule has 0 bridgehead atoms. The number of aromatic nitrogens is 5. The zero-order chi connectivity index (χ0) is 19.7. The Morgan fingerprint density at radius 3 is 2.68 bits per heavy atom. The number of benzene rings is 2. The molecule has 0 radical (unpaired) electrons. The largest absolute Gasteiger partial charge is 0.297 e. The average molecular weight is 411 g/mol. The Bertz CT molecular complexity index is 1150. The van der Waals surface area contributed by atoms with E-state index < -0.39 is 0 Å². The van der Waals surface area contributed by atoms with Crippen molar-refractivity contribution in [2.24, 2.45) is 0 Å². The van der Waals surface area contributed by atoms with Crippen molar-refractivity contribution in [3.63, 3.8) is 0 Å². The van der Waals surface area contributed by atoms with Crippen molar-refractivity contribution in [3.8, 4) is 17.2 Å². The van der Waals surface area contributed by atoms with E-state index in [1.807, 2.05) is 38.1 Å². The lowest BCUT2D eigenvalue weighted by atomic mass is 10.2. The van der Waals surface area contributed by atoms with E-state index >= 15 is 0 Å². The molecule has 4 rings (SSSR count). The van der Waals surface area contributed by atoms with Crippen LogP contribution in [0.15, 0.2) is 48.5 Å². The predicted molar refractivity (Wildman–Crippen MR) is 109 cm³/mol. The summed E-state index contributed by atoms with van der Waals surface area (Å²) in [6, 6.07) is 14.7. The van der Waals surface area contributed by atoms with Crippen LogP contribution in [0.2, 0.25) is 5.02 Å². The fraction of sp³-hybridized carbons (Fsp3) is 0.105. The Morgan fingerprint density at radius 2 is 1.93 bits per heavy atom. The molecule has 0 saturated carbocycles. The Hall–Kier alpha value is -3.10. The van der Waals surface area contributed by atoms with Gasteiger partial charge < -0.3 is 0 Å². The summed E-state index contributed by atoms with van der Waals surface area (Å²) in [5.74, 6) is 0.118. The van der Waals surface area contributed by atoms with E-state index in [4.69, 9.17) is 11.6 Å². The minimum Gasteiger partial charge on any atom is -0.297 e. The summed E-state index contributed by atoms with van der Waals surface area (Å²) < 4.78 is 6.04. The number of hydrogen-bond acceptors (Lipinski definition) is 6. The quantitative estimate of drug-likeness (QED) is 0.541. The Balaban J connectivity index is 1.56. The number of nitrogens with zero attached hydrogens (tertiary/aromatic N) is 5. The minimum absolute atomic E-state index is 0.301. The maximum absolute atomic E-state index is 12.3. The van der Waals surface area contributed by atoms with E-state index in [0.29, 0.717) is 27.2 Å². The molecular weight excluding hydrogens is 396 g/mol. The topological polar surface area (TPSA) is 85.6 Å². The highest BCUT2D eigenvalue weighted by molar-refractivity contribution is 7.10. The molecule has 7 nitrogen and oxygen atoms in total. The molecule has 0 spiro atoms. The standard InChI is InChI=1S/C19H15ClN6OS/c1-11-6-8-15(9-7-11)26-12(2)16(23-25-26)17-21-19(28-24-17)22-18(27)13-4-3-5-14(20)10-13/h3-10H,1-2H3,(H,21,22,24,27). The van der Waals surface area contributed by atoms with E-state index in [1.165, 1.54) is 5.56 Å². The number of hydrogen-bond donors (Lipinski definition) is 1. The van der Waals surface area contributed by atoms with Crippen molar-refractivity contribution in [3.05, 3.63) is 70.4 Å². The van der Waals surface area contributed by atoms with Crippen LogP contribution in [0.4, 0.5) is 5.13 Å². The molecule has 2 aromatic carbocycles. The summed E-state index contributed by atoms with van der Waals surface area (Å²) >= 11 is 7.02. The van der Waals surface area contributed by atoms with Crippen LogP contribution >= 0.6 is 23.1 Å². The second-order valence-electron chi connectivity index (χ2n) is 6.16. The smallest absolute Gasteiger partial charge is 0.257 e. The van der Waals surface area contributed by atoms with Crippen LogP contribution in [-0.2, 0) is 0 Å². The summed E-state index contributed by atoms with van der Waals surface area (Å²) in [5.41, 5.74) is 3.91. The van der Waals surface area contributed by atoms with E-state index in [2.05, 4.69) is 25.0 Å². The third kappa shape index (κ3) is 3.64. The van der Waals surface area contributed by atoms with Gasteiger partial charge in [-0.25, -0.2) is 4.68 Å². The van der Waals surface area contributed by atoms with Gasteiger partial charge in [0.15, 0.2) is 11.5 Å². The Morgan fingerprint density at radius 1 is 1.14 bits per heavy atom. The van der Waals surface area contributed by atoms with E-state index in [1.54, 1.807) is 28.9 Å². The molecule has 2 aromatic heterocycles. The number of halogens is 1. The van der Waals surface area contributed by atoms with Crippen molar-refractivity contribution in [1.29, 1.82) is 0 Å². The maximum atomic E-state index is 12.3. The van der Waals surface area contributed by atoms with Crippen molar-refractivity contribution in [1.82, 2.24) is 24.4 Å². The number of carbonyl (C=O) groups excluding carboxylic acids is 1. The number of aryl methyl sites for hydroxylation is 1. The molecule has 2 heterocycles. The highest BCUT2D eigenvalue weighted by Gasteiger charge is 2.18. The first-order chi connectivity index (χ1) is 13.5. The van der Waals surface area contributed by atoms with Gasteiger partial charge in [-0.1, -0.05) is 40.6 Å². The molecule has 28 heavy (non-hydrogen) atoms. The van der Waals surface area contributed by atoms with Crippen LogP contribution in [0, 0.1) is 13.8 Å². The summed E-state index contributed by atoms with van der Waals surface area (Å²) in [5, 5.41) is 12.0. The molecular formula is C19H15ClN6OS. The highest BCUT2D eigenvalue weighted by Crippen LogP contribution is 2.24. The van der Waals surface area contributed by atoms with Gasteiger partial charge in [0.05, 0.1) is 11.4 Å². The van der Waals surface area contributed by atoms with Crippen molar-refractivity contribution in [2.75, 3.05) is 5.32 Å². The molecule has 0 aliphatic rings. The normalized spacial score (nSPS) is 10.8. The zero-order valence-electron chi connectivity index (χ0n) is 15.0. The van der Waals surface area contributed by atoms with E-state index in [0.717, 1.165) is 22.9 Å². The molecule has 9 heteroatoms. The Kier molecular flexibility index (Phi) is 4.89. The Labute approximate surface area is 170 Å². The molecule has 0 atom stereocenters. The molecule has 0 aliphatic carbocycles. The highest BCUT2D eigenvalue weighted by atomic mass is 35.5. The van der Waals surface area contributed by atoms with Crippen LogP contribution in [-0.4, -0.2) is 30.3 Å². The van der Waals surface area contributed by atoms with Gasteiger partial charge in [0, 0.05) is 22.1 Å². The number of rotatable bonds is 4. The third-order valence-corrected chi connectivity index (χ3v) is 4.98. The van der Waals surface area contributed by atoms with Crippen molar-refractivity contribution < 1.29 is 4.79 Å². The molecule has 1 amide bonds. The molecule has 0 unspecified atom stereocenters. The van der Waals surface area contributed by atoms with Gasteiger partial charge in [-0.15, -0.1) is 5.10 Å². The SMILES string of the molecule is Cc1ccc(-n2nnc(-c3nsc(NC(=O)c4cccc(Cl)c4)n3)c2C)cc1. The number of anilines is 1. The summed E-state index contributed by atoms with van der Waals surface area (Å²) in [4.78, 5) is 16.7. The number of carbonyl (C=O) groups is 1. The van der Waals surface area contributed by atoms with Crippen LogP contribution in [0.1, 0.15) is 21.6 Å². The lowest BCUT2D eigenvalue weighted by Crippen LogP contribution is -2.11. The van der Waals surface area contributed by atoms with Crippen LogP contribution in [0.3, 0.4) is 0 Å². The van der Waals surface area contributed by atoms with Crippen LogP contribution in [0.5, 0.6) is 0 Å². The van der Waals surface area contributed by atoms with Gasteiger partial charge >= 0.3 is 0 Å². The number of nitrogens with one attached hydrogen (secondary N) is 1. The van der Waals surface area contributed by atoms with Gasteiger partial charge in [0.25, 0.3) is 5.91 Å². The fourth-order valence-corrected chi connectivity index (χ4v) is 3.39. The van der Waals surface area contributed by atoms with E-state index in [9.17, 15) is 4.79 Å². The second kappa shape index (κ2) is 7.49. The summed E-state index contributed by atoms with van der Waals surface area (Å²) in [6.45, 7) is 3.93. The summed E-state index contributed by atoms with van der Waals surface area (Å²) in [7, 11) is 0. The average Bonchev–Trinajstić information content (AvgIpc) is 3.29. The van der Waals surface area contributed by atoms with Crippen LogP contribution in [0.25, 0.3) is 17.2 Å². The first kappa shape index (κ1) is 18.3. The maximum Gasteiger partial charge on any atom is 0.257 e. The first-order valence-corrected chi connectivity index (χ1v) is 9.57. The van der Waals surface area contributed by atoms with Gasteiger partial charge in [0.2, 0.25) is 5.13 Å². The lowest BCUT2D eigenvalue weighted by Gasteiger charge is -2.03. The molecule has 0 fully saturated rings. The lowest BCUT2D eigenvalue weighted by molar-refractivity contribution is 0.102. The monoisotopic (exact) mass is 410 g/mol. The predicted octanol–water partition coefficient (Wildman–Crippen LogP) is 4.31. The molecule has 140 valence electrons. The number of amides is 1.